The van der Waals surface area contributed by atoms with Gasteiger partial charge in [-0.05, 0) is 32.0 Å². The Balaban J connectivity index is 2.47. The lowest BCUT2D eigenvalue weighted by molar-refractivity contribution is 0.0177. The van der Waals surface area contributed by atoms with Gasteiger partial charge in [0.25, 0.3) is 0 Å². The summed E-state index contributed by atoms with van der Waals surface area (Å²) in [6.45, 7) is 4.47. The van der Waals surface area contributed by atoms with E-state index in [9.17, 15) is 4.79 Å². The average Bonchev–Trinajstić information content (AvgIpc) is 2.23. The zero-order chi connectivity index (χ0) is 12.8. The molecule has 0 unspecified atom stereocenters. The van der Waals surface area contributed by atoms with Crippen LogP contribution < -0.4 is 5.73 Å². The number of hydrogen-bond acceptors (Lipinski definition) is 4. The van der Waals surface area contributed by atoms with Gasteiger partial charge in [-0.15, -0.1) is 0 Å². The highest BCUT2D eigenvalue weighted by Crippen LogP contribution is 2.19. The first-order valence-electron chi connectivity index (χ1n) is 5.34. The van der Waals surface area contributed by atoms with Crippen molar-refractivity contribution in [1.82, 2.24) is 0 Å². The fraction of sp³-hybridized carbons (Fsp3) is 0.417. The van der Waals surface area contributed by atoms with E-state index in [0.29, 0.717) is 17.9 Å². The molecule has 17 heavy (non-hydrogen) atoms. The van der Waals surface area contributed by atoms with Gasteiger partial charge in [-0.25, -0.2) is 4.79 Å². The maximum absolute atomic E-state index is 11.6. The number of nitrogen functional groups attached to an aromatic ring is 1. The Bertz CT molecular complexity index is 393. The molecule has 0 bridgehead atoms. The molecule has 0 aliphatic carbocycles. The van der Waals surface area contributed by atoms with Crippen LogP contribution in [0.3, 0.4) is 0 Å². The zero-order valence-corrected chi connectivity index (χ0v) is 11.5. The summed E-state index contributed by atoms with van der Waals surface area (Å²) >= 11 is 3.27. The first-order valence-corrected chi connectivity index (χ1v) is 6.13. The summed E-state index contributed by atoms with van der Waals surface area (Å²) in [5.74, 6) is -0.428. The average molecular weight is 302 g/mol. The monoisotopic (exact) mass is 301 g/mol. The lowest BCUT2D eigenvalue weighted by Gasteiger charge is -2.09. The number of rotatable bonds is 5. The molecule has 0 aromatic heterocycles. The number of carbonyl (C=O) groups excluding carboxylic acids is 1. The summed E-state index contributed by atoms with van der Waals surface area (Å²) in [5, 5.41) is 0. The Kier molecular flexibility index (Phi) is 5.44. The Labute approximate surface area is 109 Å². The van der Waals surface area contributed by atoms with Crippen LogP contribution in [-0.4, -0.2) is 25.3 Å². The number of esters is 1. The number of anilines is 1. The largest absolute Gasteiger partial charge is 0.460 e. The van der Waals surface area contributed by atoms with Crippen molar-refractivity contribution in [1.29, 1.82) is 0 Å². The topological polar surface area (TPSA) is 61.5 Å². The van der Waals surface area contributed by atoms with E-state index in [2.05, 4.69) is 15.9 Å². The Morgan fingerprint density at radius 3 is 2.71 bits per heavy atom. The third-order valence-corrected chi connectivity index (χ3v) is 2.49. The van der Waals surface area contributed by atoms with Crippen molar-refractivity contribution in [2.75, 3.05) is 18.9 Å². The minimum Gasteiger partial charge on any atom is -0.460 e. The van der Waals surface area contributed by atoms with Gasteiger partial charge in [-0.2, -0.15) is 0 Å². The molecule has 0 spiro atoms. The van der Waals surface area contributed by atoms with E-state index in [-0.39, 0.29) is 12.7 Å². The van der Waals surface area contributed by atoms with Gasteiger partial charge in [0.2, 0.25) is 0 Å². The molecule has 0 heterocycles. The highest BCUT2D eigenvalue weighted by atomic mass is 79.9. The molecule has 0 radical (unpaired) electrons. The Morgan fingerprint density at radius 1 is 1.41 bits per heavy atom. The molecule has 5 heteroatoms. The van der Waals surface area contributed by atoms with E-state index < -0.39 is 5.97 Å². The van der Waals surface area contributed by atoms with Crippen molar-refractivity contribution >= 4 is 27.6 Å². The van der Waals surface area contributed by atoms with Gasteiger partial charge >= 0.3 is 5.97 Å². The number of halogens is 1. The molecule has 0 amide bonds. The Morgan fingerprint density at radius 2 is 2.12 bits per heavy atom. The molecular formula is C12H16BrNO3. The quantitative estimate of drug-likeness (QED) is 0.516. The molecule has 0 saturated heterocycles. The van der Waals surface area contributed by atoms with Crippen LogP contribution in [0, 0.1) is 0 Å². The van der Waals surface area contributed by atoms with Gasteiger partial charge in [0.05, 0.1) is 18.3 Å². The van der Waals surface area contributed by atoms with Gasteiger partial charge in [0.15, 0.2) is 0 Å². The summed E-state index contributed by atoms with van der Waals surface area (Å²) in [6.07, 6.45) is 0.131. The summed E-state index contributed by atoms with van der Waals surface area (Å²) in [4.78, 5) is 11.6. The number of nitrogens with two attached hydrogens (primary N) is 1. The van der Waals surface area contributed by atoms with Crippen LogP contribution in [0.5, 0.6) is 0 Å². The molecule has 1 rings (SSSR count). The van der Waals surface area contributed by atoms with E-state index in [1.165, 1.54) is 0 Å². The summed E-state index contributed by atoms with van der Waals surface area (Å²) in [6, 6.07) is 5.05. The van der Waals surface area contributed by atoms with Gasteiger partial charge in [-0.3, -0.25) is 0 Å². The predicted molar refractivity (Wildman–Crippen MR) is 69.9 cm³/mol. The lowest BCUT2D eigenvalue weighted by Crippen LogP contribution is -2.14. The molecule has 0 saturated carbocycles. The highest BCUT2D eigenvalue weighted by molar-refractivity contribution is 9.10. The maximum atomic E-state index is 11.6. The van der Waals surface area contributed by atoms with Crippen LogP contribution in [0.4, 0.5) is 5.69 Å². The minimum atomic E-state index is -0.428. The third-order valence-electron chi connectivity index (χ3n) is 2.00. The minimum absolute atomic E-state index is 0.131. The van der Waals surface area contributed by atoms with Crippen LogP contribution in [0.2, 0.25) is 0 Å². The molecule has 0 fully saturated rings. The van der Waals surface area contributed by atoms with Crippen LogP contribution >= 0.6 is 15.9 Å². The first kappa shape index (κ1) is 14.0. The maximum Gasteiger partial charge on any atom is 0.340 e. The molecule has 0 atom stereocenters. The zero-order valence-electron chi connectivity index (χ0n) is 9.90. The lowest BCUT2D eigenvalue weighted by atomic mass is 10.2. The van der Waals surface area contributed by atoms with Gasteiger partial charge < -0.3 is 15.2 Å². The molecule has 94 valence electrons. The molecule has 1 aromatic carbocycles. The van der Waals surface area contributed by atoms with Crippen LogP contribution in [0.25, 0.3) is 0 Å². The van der Waals surface area contributed by atoms with Crippen LogP contribution in [-0.2, 0) is 9.47 Å². The van der Waals surface area contributed by atoms with Crippen molar-refractivity contribution < 1.29 is 14.3 Å². The number of carbonyl (C=O) groups is 1. The molecule has 4 nitrogen and oxygen atoms in total. The second-order valence-corrected chi connectivity index (χ2v) is 4.70. The summed E-state index contributed by atoms with van der Waals surface area (Å²) in [5.41, 5.74) is 6.48. The standard InChI is InChI=1S/C12H16BrNO3/c1-8(2)16-5-6-17-12(15)10-4-3-9(13)7-11(10)14/h3-4,7-8H,5-6,14H2,1-2H3. The normalized spacial score (nSPS) is 10.6. The third kappa shape index (κ3) is 4.75. The van der Waals surface area contributed by atoms with E-state index in [4.69, 9.17) is 15.2 Å². The van der Waals surface area contributed by atoms with Crippen molar-refractivity contribution in [2.45, 2.75) is 20.0 Å². The number of ether oxygens (including phenoxy) is 2. The Hall–Kier alpha value is -1.07. The second kappa shape index (κ2) is 6.61. The molecule has 1 aromatic rings. The van der Waals surface area contributed by atoms with Crippen molar-refractivity contribution in [3.8, 4) is 0 Å². The molecule has 0 aliphatic rings. The van der Waals surface area contributed by atoms with Crippen molar-refractivity contribution in [2.24, 2.45) is 0 Å². The van der Waals surface area contributed by atoms with Crippen LogP contribution in [0.15, 0.2) is 22.7 Å². The highest BCUT2D eigenvalue weighted by Gasteiger charge is 2.11. The van der Waals surface area contributed by atoms with E-state index >= 15 is 0 Å². The molecular weight excluding hydrogens is 286 g/mol. The fourth-order valence-corrected chi connectivity index (χ4v) is 1.59. The fourth-order valence-electron chi connectivity index (χ4n) is 1.22. The molecule has 2 N–H and O–H groups in total. The van der Waals surface area contributed by atoms with Gasteiger partial charge in [0, 0.05) is 10.2 Å². The SMILES string of the molecule is CC(C)OCCOC(=O)c1ccc(Br)cc1N. The predicted octanol–water partition coefficient (Wildman–Crippen LogP) is 2.61. The number of benzene rings is 1. The van der Waals surface area contributed by atoms with E-state index in [1.807, 2.05) is 13.8 Å². The van der Waals surface area contributed by atoms with Crippen molar-refractivity contribution in [3.05, 3.63) is 28.2 Å². The van der Waals surface area contributed by atoms with E-state index in [0.717, 1.165) is 4.47 Å². The smallest absolute Gasteiger partial charge is 0.340 e. The van der Waals surface area contributed by atoms with Gasteiger partial charge in [-0.1, -0.05) is 15.9 Å². The number of hydrogen-bond donors (Lipinski definition) is 1. The van der Waals surface area contributed by atoms with Crippen molar-refractivity contribution in [3.63, 3.8) is 0 Å². The van der Waals surface area contributed by atoms with E-state index in [1.54, 1.807) is 18.2 Å². The summed E-state index contributed by atoms with van der Waals surface area (Å²) < 4.78 is 11.1. The molecule has 0 aliphatic heterocycles. The summed E-state index contributed by atoms with van der Waals surface area (Å²) in [7, 11) is 0. The van der Waals surface area contributed by atoms with Gasteiger partial charge in [0.1, 0.15) is 6.61 Å². The second-order valence-electron chi connectivity index (χ2n) is 3.79. The van der Waals surface area contributed by atoms with Crippen LogP contribution in [0.1, 0.15) is 24.2 Å². The first-order chi connectivity index (χ1) is 8.00.